The summed E-state index contributed by atoms with van der Waals surface area (Å²) in [6, 6.07) is 15.5. The van der Waals surface area contributed by atoms with Crippen LogP contribution in [0.15, 0.2) is 59.5 Å². The number of hydrogen-bond acceptors (Lipinski definition) is 4. The van der Waals surface area contributed by atoms with Crippen molar-refractivity contribution in [2.75, 3.05) is 0 Å². The molecular formula is C19H19N3O2. The van der Waals surface area contributed by atoms with Crippen molar-refractivity contribution in [2.24, 2.45) is 11.8 Å². The van der Waals surface area contributed by atoms with E-state index in [0.717, 1.165) is 22.2 Å². The van der Waals surface area contributed by atoms with E-state index in [-0.39, 0.29) is 11.8 Å². The SMILES string of the molecule is C=C(c1ccc2nc(-c3ccccc3)oc2c1)C(C)CC(=O)NN. The van der Waals surface area contributed by atoms with Crippen LogP contribution in [0.25, 0.3) is 28.1 Å². The average molecular weight is 321 g/mol. The number of carbonyl (C=O) groups is 1. The third-order valence-electron chi connectivity index (χ3n) is 4.03. The highest BCUT2D eigenvalue weighted by molar-refractivity contribution is 5.83. The molecule has 0 aliphatic rings. The largest absolute Gasteiger partial charge is 0.436 e. The van der Waals surface area contributed by atoms with Crippen molar-refractivity contribution >= 4 is 22.6 Å². The quantitative estimate of drug-likeness (QED) is 0.428. The monoisotopic (exact) mass is 321 g/mol. The minimum absolute atomic E-state index is 0.0254. The minimum atomic E-state index is -0.212. The van der Waals surface area contributed by atoms with Gasteiger partial charge in [0.15, 0.2) is 5.58 Å². The molecule has 0 saturated heterocycles. The predicted octanol–water partition coefficient (Wildman–Crippen LogP) is 3.52. The van der Waals surface area contributed by atoms with E-state index < -0.39 is 0 Å². The van der Waals surface area contributed by atoms with E-state index in [9.17, 15) is 4.79 Å². The third-order valence-corrected chi connectivity index (χ3v) is 4.03. The van der Waals surface area contributed by atoms with Gasteiger partial charge in [0, 0.05) is 12.0 Å². The van der Waals surface area contributed by atoms with Gasteiger partial charge in [-0.1, -0.05) is 37.8 Å². The van der Waals surface area contributed by atoms with Gasteiger partial charge in [0.1, 0.15) is 5.52 Å². The topological polar surface area (TPSA) is 81.2 Å². The lowest BCUT2D eigenvalue weighted by Crippen LogP contribution is -2.31. The second-order valence-corrected chi connectivity index (χ2v) is 5.77. The lowest BCUT2D eigenvalue weighted by atomic mass is 9.92. The molecule has 5 nitrogen and oxygen atoms in total. The zero-order valence-corrected chi connectivity index (χ0v) is 13.5. The van der Waals surface area contributed by atoms with Gasteiger partial charge in [-0.2, -0.15) is 0 Å². The van der Waals surface area contributed by atoms with Crippen LogP contribution >= 0.6 is 0 Å². The lowest BCUT2D eigenvalue weighted by molar-refractivity contribution is -0.121. The molecule has 2 aromatic carbocycles. The average Bonchev–Trinajstić information content (AvgIpc) is 3.04. The van der Waals surface area contributed by atoms with Crippen LogP contribution in [0, 0.1) is 5.92 Å². The molecular weight excluding hydrogens is 302 g/mol. The Bertz CT molecular complexity index is 884. The van der Waals surface area contributed by atoms with Crippen molar-refractivity contribution < 1.29 is 9.21 Å². The van der Waals surface area contributed by atoms with E-state index in [0.29, 0.717) is 17.9 Å². The van der Waals surface area contributed by atoms with Crippen LogP contribution in [0.3, 0.4) is 0 Å². The molecule has 24 heavy (non-hydrogen) atoms. The summed E-state index contributed by atoms with van der Waals surface area (Å²) < 4.78 is 5.88. The Balaban J connectivity index is 1.88. The first-order valence-electron chi connectivity index (χ1n) is 7.73. The number of nitrogens with zero attached hydrogens (tertiary/aromatic N) is 1. The molecule has 3 N–H and O–H groups in total. The van der Waals surface area contributed by atoms with Crippen LogP contribution in [0.2, 0.25) is 0 Å². The lowest BCUT2D eigenvalue weighted by Gasteiger charge is -2.13. The zero-order valence-electron chi connectivity index (χ0n) is 13.5. The number of aromatic nitrogens is 1. The third kappa shape index (κ3) is 3.21. The van der Waals surface area contributed by atoms with Crippen LogP contribution in [0.1, 0.15) is 18.9 Å². The fourth-order valence-electron chi connectivity index (χ4n) is 2.57. The number of benzene rings is 2. The summed E-state index contributed by atoms with van der Waals surface area (Å²) in [6.07, 6.45) is 0.291. The van der Waals surface area contributed by atoms with Gasteiger partial charge in [-0.15, -0.1) is 0 Å². The summed E-state index contributed by atoms with van der Waals surface area (Å²) in [5.74, 6) is 5.49. The van der Waals surface area contributed by atoms with Gasteiger partial charge in [-0.3, -0.25) is 10.2 Å². The molecule has 0 fully saturated rings. The second-order valence-electron chi connectivity index (χ2n) is 5.77. The highest BCUT2D eigenvalue weighted by Gasteiger charge is 2.15. The summed E-state index contributed by atoms with van der Waals surface area (Å²) in [6.45, 7) is 6.04. The van der Waals surface area contributed by atoms with Crippen LogP contribution in [-0.4, -0.2) is 10.9 Å². The normalized spacial score (nSPS) is 12.1. The molecule has 5 heteroatoms. The van der Waals surface area contributed by atoms with Gasteiger partial charge < -0.3 is 4.42 Å². The maximum atomic E-state index is 11.4. The summed E-state index contributed by atoms with van der Waals surface area (Å²) in [7, 11) is 0. The summed E-state index contributed by atoms with van der Waals surface area (Å²) >= 11 is 0. The molecule has 3 rings (SSSR count). The first-order valence-corrected chi connectivity index (χ1v) is 7.73. The molecule has 1 unspecified atom stereocenters. The number of carbonyl (C=O) groups excluding carboxylic acids is 1. The summed E-state index contributed by atoms with van der Waals surface area (Å²) in [5.41, 5.74) is 6.35. The molecule has 0 saturated carbocycles. The number of allylic oxidation sites excluding steroid dienone is 1. The van der Waals surface area contributed by atoms with Crippen molar-refractivity contribution in [2.45, 2.75) is 13.3 Å². The molecule has 0 bridgehead atoms. The Labute approximate surface area is 140 Å². The van der Waals surface area contributed by atoms with Crippen molar-refractivity contribution in [1.82, 2.24) is 10.4 Å². The van der Waals surface area contributed by atoms with Gasteiger partial charge in [-0.05, 0) is 41.3 Å². The Kier molecular flexibility index (Phi) is 4.44. The molecule has 0 radical (unpaired) electrons. The Morgan fingerprint density at radius 3 is 2.75 bits per heavy atom. The van der Waals surface area contributed by atoms with Crippen LogP contribution in [0.4, 0.5) is 0 Å². The number of hydrogen-bond donors (Lipinski definition) is 2. The van der Waals surface area contributed by atoms with E-state index in [1.807, 2.05) is 55.5 Å². The molecule has 0 aliphatic carbocycles. The highest BCUT2D eigenvalue weighted by atomic mass is 16.3. The van der Waals surface area contributed by atoms with Gasteiger partial charge in [-0.25, -0.2) is 10.8 Å². The van der Waals surface area contributed by atoms with E-state index in [4.69, 9.17) is 10.3 Å². The van der Waals surface area contributed by atoms with E-state index >= 15 is 0 Å². The Morgan fingerprint density at radius 1 is 1.29 bits per heavy atom. The smallest absolute Gasteiger partial charge is 0.234 e. The van der Waals surface area contributed by atoms with Crippen LogP contribution < -0.4 is 11.3 Å². The number of hydrazine groups is 1. The molecule has 0 spiro atoms. The van der Waals surface area contributed by atoms with E-state index in [1.54, 1.807) is 0 Å². The maximum Gasteiger partial charge on any atom is 0.234 e. The van der Waals surface area contributed by atoms with Crippen molar-refractivity contribution in [3.8, 4) is 11.5 Å². The number of fused-ring (bicyclic) bond motifs is 1. The number of nitrogens with two attached hydrogens (primary N) is 1. The molecule has 1 heterocycles. The number of rotatable bonds is 5. The molecule has 1 amide bonds. The van der Waals surface area contributed by atoms with Crippen LogP contribution in [0.5, 0.6) is 0 Å². The number of amides is 1. The number of oxazole rings is 1. The summed E-state index contributed by atoms with van der Waals surface area (Å²) in [4.78, 5) is 15.9. The predicted molar refractivity (Wildman–Crippen MR) is 94.6 cm³/mol. The fraction of sp³-hybridized carbons (Fsp3) is 0.158. The molecule has 0 aliphatic heterocycles. The number of nitrogens with one attached hydrogen (secondary N) is 1. The Hall–Kier alpha value is -2.92. The van der Waals surface area contributed by atoms with Gasteiger partial charge in [0.25, 0.3) is 0 Å². The van der Waals surface area contributed by atoms with Crippen molar-refractivity contribution in [3.05, 3.63) is 60.7 Å². The standard InChI is InChI=1S/C19H19N3O2/c1-12(10-18(23)22-20)13(2)15-8-9-16-17(11-15)24-19(21-16)14-6-4-3-5-7-14/h3-9,11-12H,2,10,20H2,1H3,(H,22,23). The van der Waals surface area contributed by atoms with E-state index in [1.165, 1.54) is 0 Å². The second kappa shape index (κ2) is 6.68. The van der Waals surface area contributed by atoms with Crippen molar-refractivity contribution in [1.29, 1.82) is 0 Å². The van der Waals surface area contributed by atoms with Gasteiger partial charge >= 0.3 is 0 Å². The highest BCUT2D eigenvalue weighted by Crippen LogP contribution is 2.29. The van der Waals surface area contributed by atoms with Gasteiger partial charge in [0.05, 0.1) is 0 Å². The molecule has 3 aromatic rings. The summed E-state index contributed by atoms with van der Waals surface area (Å²) in [5, 5.41) is 0. The fourth-order valence-corrected chi connectivity index (χ4v) is 2.57. The van der Waals surface area contributed by atoms with Crippen LogP contribution in [-0.2, 0) is 4.79 Å². The first-order chi connectivity index (χ1) is 11.6. The van der Waals surface area contributed by atoms with E-state index in [2.05, 4.69) is 17.0 Å². The molecule has 122 valence electrons. The zero-order chi connectivity index (χ0) is 17.1. The minimum Gasteiger partial charge on any atom is -0.436 e. The van der Waals surface area contributed by atoms with Gasteiger partial charge in [0.2, 0.25) is 11.8 Å². The molecule has 1 atom stereocenters. The van der Waals surface area contributed by atoms with Crippen molar-refractivity contribution in [3.63, 3.8) is 0 Å². The maximum absolute atomic E-state index is 11.4. The Morgan fingerprint density at radius 2 is 2.04 bits per heavy atom. The first kappa shape index (κ1) is 16.0. The molecule has 1 aromatic heterocycles.